The van der Waals surface area contributed by atoms with Crippen molar-refractivity contribution in [1.82, 2.24) is 39.9 Å². The number of ether oxygens (including phenoxy) is 6. The molecule has 1 aromatic carbocycles. The highest BCUT2D eigenvalue weighted by atomic mass is 79.9. The summed E-state index contributed by atoms with van der Waals surface area (Å²) in [6.45, 7) is 25.4. The summed E-state index contributed by atoms with van der Waals surface area (Å²) in [5.74, 6) is -1.67. The molecule has 45 heteroatoms. The lowest BCUT2D eigenvalue weighted by molar-refractivity contribution is -0.164. The number of nitrogens with two attached hydrogens (primary N) is 1. The van der Waals surface area contributed by atoms with Crippen LogP contribution in [0.4, 0.5) is 5.69 Å². The molecule has 18 heterocycles. The average Bonchev–Trinajstić information content (AvgIpc) is 1.62. The molecule has 3 atom stereocenters. The molecule has 140 heavy (non-hydrogen) atoms. The Morgan fingerprint density at radius 1 is 0.536 bits per heavy atom. The number of aromatic carboxylic acids is 1. The average molecular weight is 2510 g/mol. The fourth-order valence-electron chi connectivity index (χ4n) is 12.8. The number of aromatic nitrogens is 8. The van der Waals surface area contributed by atoms with Gasteiger partial charge in [0.25, 0.3) is 0 Å². The molecule has 17 aromatic rings. The van der Waals surface area contributed by atoms with Crippen LogP contribution in [0.15, 0.2) is 196 Å². The molecule has 2 aliphatic rings. The summed E-state index contributed by atoms with van der Waals surface area (Å²) in [5, 5.41) is 44.4. The van der Waals surface area contributed by atoms with E-state index in [1.54, 1.807) is 81.6 Å². The number of aliphatic hydroxyl groups is 2. The van der Waals surface area contributed by atoms with Gasteiger partial charge in [0.15, 0.2) is 32.9 Å². The second-order valence-electron chi connectivity index (χ2n) is 32.4. The Balaban J connectivity index is 0.000000151. The molecule has 28 nitrogen and oxygen atoms in total. The van der Waals surface area contributed by atoms with Gasteiger partial charge >= 0.3 is 37.0 Å². The van der Waals surface area contributed by atoms with Crippen LogP contribution >= 0.6 is 202 Å². The number of pyridine rings is 8. The molecule has 0 radical (unpaired) electrons. The molecule has 732 valence electrons. The number of anilines is 1. The Kier molecular flexibility index (Phi) is 40.7. The number of hydrogen-bond donors (Lipinski definition) is 4. The number of aryl methyl sites for hydroxylation is 1. The van der Waals surface area contributed by atoms with E-state index in [1.807, 2.05) is 112 Å². The van der Waals surface area contributed by atoms with E-state index >= 15 is 0 Å². The maximum Gasteiger partial charge on any atom is 0.494 e. The van der Waals surface area contributed by atoms with Crippen molar-refractivity contribution in [3.8, 4) is 11.8 Å². The number of benzene rings is 1. The van der Waals surface area contributed by atoms with Crippen molar-refractivity contribution in [2.75, 3.05) is 39.8 Å². The van der Waals surface area contributed by atoms with Crippen LogP contribution in [-0.4, -0.2) is 158 Å². The van der Waals surface area contributed by atoms with Crippen molar-refractivity contribution in [2.45, 2.75) is 137 Å². The largest absolute Gasteiger partial charge is 0.494 e. The van der Waals surface area contributed by atoms with Crippen LogP contribution < -0.4 is 15.9 Å². The first-order chi connectivity index (χ1) is 66.6. The molecule has 16 aromatic heterocycles. The molecule has 5 N–H and O–H groups in total. The lowest BCUT2D eigenvalue weighted by atomic mass is 9.78. The zero-order valence-corrected chi connectivity index (χ0v) is 95.8. The molecule has 2 aliphatic heterocycles. The summed E-state index contributed by atoms with van der Waals surface area (Å²) in [5.41, 5.74) is 7.62. The summed E-state index contributed by atoms with van der Waals surface area (Å²) >= 11 is 34.8. The zero-order valence-electron chi connectivity index (χ0n) is 77.2. The first kappa shape index (κ1) is 112. The normalized spacial score (nSPS) is 13.4. The van der Waals surface area contributed by atoms with E-state index in [1.165, 1.54) is 110 Å². The minimum absolute atomic E-state index is 0.0710. The Labute approximate surface area is 897 Å². The van der Waals surface area contributed by atoms with E-state index in [0.717, 1.165) is 156 Å². The zero-order chi connectivity index (χ0) is 102. The van der Waals surface area contributed by atoms with Crippen LogP contribution in [0.5, 0.6) is 5.75 Å². The number of carboxylic acids is 1. The molecular formula is C95H90BBr7N10O18S8Si. The van der Waals surface area contributed by atoms with E-state index in [9.17, 15) is 39.1 Å². The van der Waals surface area contributed by atoms with Gasteiger partial charge in [-0.3, -0.25) is 4.79 Å². The lowest BCUT2D eigenvalue weighted by Crippen LogP contribution is -2.41. The molecule has 0 amide bonds. The number of carbonyl (C=O) groups excluding carboxylic acids is 5. The van der Waals surface area contributed by atoms with Crippen LogP contribution in [0.3, 0.4) is 0 Å². The van der Waals surface area contributed by atoms with Gasteiger partial charge in [0, 0.05) is 120 Å². The number of carbonyl (C=O) groups is 6. The fourth-order valence-corrected chi connectivity index (χ4v) is 27.4. The van der Waals surface area contributed by atoms with Gasteiger partial charge in [0.1, 0.15) is 59.0 Å². The van der Waals surface area contributed by atoms with Crippen molar-refractivity contribution in [1.29, 1.82) is 5.26 Å². The van der Waals surface area contributed by atoms with Gasteiger partial charge in [0.2, 0.25) is 0 Å². The number of hydrogen-bond acceptors (Lipinski definition) is 35. The maximum atomic E-state index is 12.0. The van der Waals surface area contributed by atoms with Crippen LogP contribution in [0.1, 0.15) is 151 Å². The van der Waals surface area contributed by atoms with Crippen LogP contribution in [-0.2, 0) is 60.0 Å². The third kappa shape index (κ3) is 28.0. The minimum atomic E-state index is -1.75. The molecule has 3 unspecified atom stereocenters. The number of carboxylic acid groups (broad SMARTS) is 1. The van der Waals surface area contributed by atoms with Gasteiger partial charge in [-0.25, -0.2) is 63.8 Å². The Bertz CT molecular complexity index is 7230. The number of aliphatic hydroxyl groups excluding tert-OH is 2. The SMILES string of the molecule is CC1(C)OB(c2ccc3c(c2)CCCO3)OC1(C)C.CCOC(=O)c1sc2ncccc2c1Br.CCOC(=O)c1sc2ncccc2c1N.COC(=O)C(O)c1sc2ncccc2c1Br.COC(=O)C(OC(C)(C)C)c1sc2ncccc2c1Br.C[Si](C)(C)OC(C#N)c1sc2ncccc2c1Br.O=C(O)c1sc2ncccc2c1Br.O=Cc1sc2ncccc2c1Br.OCc1sc2ncccc2c1Br. The summed E-state index contributed by atoms with van der Waals surface area (Å²) < 4.78 is 54.5. The third-order valence-corrected chi connectivity index (χ3v) is 37.6. The topological polar surface area (TPSA) is 399 Å². The number of aldehydes is 1. The second-order valence-corrected chi connectivity index (χ2v) is 50.6. The van der Waals surface area contributed by atoms with Crippen LogP contribution in [0.2, 0.25) is 19.6 Å². The van der Waals surface area contributed by atoms with E-state index in [4.69, 9.17) is 53.4 Å². The molecule has 1 saturated heterocycles. The predicted octanol–water partition coefficient (Wildman–Crippen LogP) is 26.6. The van der Waals surface area contributed by atoms with Crippen LogP contribution in [0.25, 0.3) is 81.7 Å². The van der Waals surface area contributed by atoms with E-state index in [2.05, 4.69) is 216 Å². The predicted molar refractivity (Wildman–Crippen MR) is 587 cm³/mol. The fraction of sp³-hybridized carbons (Fsp3) is 0.274. The number of nitriles is 1. The summed E-state index contributed by atoms with van der Waals surface area (Å²) in [7, 11) is 0.570. The van der Waals surface area contributed by atoms with Crippen molar-refractivity contribution < 1.29 is 86.2 Å². The van der Waals surface area contributed by atoms with Gasteiger partial charge in [-0.1, -0.05) is 12.1 Å². The number of nitrogens with zero attached hydrogens (tertiary/aromatic N) is 9. The van der Waals surface area contributed by atoms with E-state index in [-0.39, 0.29) is 36.9 Å². The maximum absolute atomic E-state index is 12.0. The molecule has 0 spiro atoms. The Morgan fingerprint density at radius 3 is 1.33 bits per heavy atom. The highest BCUT2D eigenvalue weighted by molar-refractivity contribution is 9.11. The van der Waals surface area contributed by atoms with Gasteiger partial charge in [-0.2, -0.15) is 5.26 Å². The molecule has 1 fully saturated rings. The number of fused-ring (bicyclic) bond motifs is 9. The molecule has 19 rings (SSSR count). The Hall–Kier alpha value is -8.39. The number of methoxy groups -OCH3 is 2. The quantitative estimate of drug-likeness (QED) is 0.0302. The number of halogens is 7. The standard InChI is InChI=1S/C15H21BO3.C14H16BrNO3S.C12H13BrN2OSSi.C10H8BrNO3S.C10H8BrNO2S.C10H10N2O2S.C8H4BrNO2S.C8H6BrNOS.C8H4BrNOS/c1-14(2)15(3,4)19-16(18-14)12-7-8-13-11(10-12)6-5-9-17-13;1-14(2,3)19-10(13(17)18-4)11-9(15)8-6-5-7-16-12(8)20-11;1-18(2,3)16-9(7-14)11-10(13)8-5-4-6-15-12(8)17-11;1-15-10(14)7(13)8-6(11)5-3-2-4-12-9(5)16-8;2*1-2-14-10(13)8-7(11)6-4-3-5-12-9(6)15-8;9-5-4-2-1-3-10-7(4)13-6(5)8(11)12;2*9-7-5-2-1-3-10-8(5)12-6(7)4-11/h7-8,10H,5-6,9H2,1-4H3;5-7,10H,1-4H3;4-6,9H,1-3H3;2-4,7,13H,1H3;3-5H,2H2,1H3;3-5H,2,11H2,1H3;1-3H,(H,11,12);1-3,11H,4H2;1-4H. The number of rotatable bonds is 16. The van der Waals surface area contributed by atoms with Crippen molar-refractivity contribution in [2.24, 2.45) is 0 Å². The Morgan fingerprint density at radius 2 is 0.921 bits per heavy atom. The van der Waals surface area contributed by atoms with Gasteiger partial charge < -0.3 is 63.2 Å². The molecule has 0 bridgehead atoms. The first-order valence-electron chi connectivity index (χ1n) is 42.3. The molecule has 0 saturated carbocycles. The van der Waals surface area contributed by atoms with Crippen LogP contribution in [0, 0.1) is 11.3 Å². The minimum Gasteiger partial charge on any atom is -0.493 e. The van der Waals surface area contributed by atoms with E-state index in [0.29, 0.717) is 52.2 Å². The first-order valence-corrected chi connectivity index (χ1v) is 57.8. The van der Waals surface area contributed by atoms with E-state index < -0.39 is 50.1 Å². The molecular weight excluding hydrogens is 2420 g/mol. The summed E-state index contributed by atoms with van der Waals surface area (Å²) in [4.78, 5) is 113. The second kappa shape index (κ2) is 50.9. The van der Waals surface area contributed by atoms with Crippen molar-refractivity contribution in [3.63, 3.8) is 0 Å². The van der Waals surface area contributed by atoms with Gasteiger partial charge in [0.05, 0.1) is 97.7 Å². The number of thiophene rings is 8. The monoisotopic (exact) mass is 2510 g/mol. The number of nitrogen functional groups attached to an aromatic ring is 1. The van der Waals surface area contributed by atoms with Gasteiger partial charge in [-0.05, 0) is 320 Å². The van der Waals surface area contributed by atoms with Crippen molar-refractivity contribution >= 4 is 347 Å². The smallest absolute Gasteiger partial charge is 0.493 e. The number of esters is 4. The molecule has 0 aliphatic carbocycles. The van der Waals surface area contributed by atoms with Gasteiger partial charge in [-0.15, -0.1) is 90.7 Å². The highest BCUT2D eigenvalue weighted by Gasteiger charge is 2.52. The highest BCUT2D eigenvalue weighted by Crippen LogP contribution is 2.46. The lowest BCUT2D eigenvalue weighted by Gasteiger charge is -2.32. The van der Waals surface area contributed by atoms with Crippen molar-refractivity contribution in [3.05, 3.63) is 241 Å². The summed E-state index contributed by atoms with van der Waals surface area (Å²) in [6, 6.07) is 38.6. The third-order valence-electron chi connectivity index (χ3n) is 20.0. The summed E-state index contributed by atoms with van der Waals surface area (Å²) in [6.07, 6.45) is 14.1.